The molecule has 0 atom stereocenters. The van der Waals surface area contributed by atoms with Gasteiger partial charge < -0.3 is 15.8 Å². The summed E-state index contributed by atoms with van der Waals surface area (Å²) < 4.78 is 23.2. The van der Waals surface area contributed by atoms with Crippen molar-refractivity contribution < 1.29 is 18.6 Å². The number of amidine groups is 1. The van der Waals surface area contributed by atoms with Gasteiger partial charge in [-0.2, -0.15) is 5.26 Å². The van der Waals surface area contributed by atoms with Crippen molar-refractivity contribution in [2.75, 3.05) is 11.9 Å². The molecular weight excluding hydrogens is 378 g/mol. The third-order valence-electron chi connectivity index (χ3n) is 3.58. The van der Waals surface area contributed by atoms with Crippen LogP contribution >= 0.6 is 0 Å². The van der Waals surface area contributed by atoms with Crippen molar-refractivity contribution in [1.29, 1.82) is 5.26 Å². The lowest BCUT2D eigenvalue weighted by molar-refractivity contribution is -0.118. The van der Waals surface area contributed by atoms with Crippen LogP contribution in [0.5, 0.6) is 5.75 Å². The fourth-order valence-electron chi connectivity index (χ4n) is 2.23. The van der Waals surface area contributed by atoms with Crippen LogP contribution in [-0.4, -0.2) is 36.5 Å². The minimum Gasteiger partial charge on any atom is -0.482 e. The Hall–Kier alpha value is -4.20. The van der Waals surface area contributed by atoms with Gasteiger partial charge in [0.2, 0.25) is 5.82 Å². The summed E-state index contributed by atoms with van der Waals surface area (Å²) in [7, 11) is 5.49. The number of nitrogens with two attached hydrogens (primary N) is 1. The third kappa shape index (κ3) is 4.75. The summed E-state index contributed by atoms with van der Waals surface area (Å²) in [6.45, 7) is -0.392. The highest BCUT2D eigenvalue weighted by Gasteiger charge is 2.17. The van der Waals surface area contributed by atoms with Crippen LogP contribution in [0, 0.1) is 17.1 Å². The molecule has 2 aromatic carbocycles. The number of anilines is 1. The number of benzene rings is 2. The van der Waals surface area contributed by atoms with Crippen molar-refractivity contribution in [3.8, 4) is 11.8 Å². The van der Waals surface area contributed by atoms with E-state index < -0.39 is 18.3 Å². The monoisotopic (exact) mass is 390 g/mol. The summed E-state index contributed by atoms with van der Waals surface area (Å²) in [6, 6.07) is 12.2. The second-order valence-electron chi connectivity index (χ2n) is 5.61. The fraction of sp³-hybridized carbons (Fsp3) is 0.0556. The van der Waals surface area contributed by atoms with Crippen molar-refractivity contribution in [2.24, 2.45) is 10.7 Å². The lowest BCUT2D eigenvalue weighted by Crippen LogP contribution is -2.23. The van der Waals surface area contributed by atoms with Crippen molar-refractivity contribution in [1.82, 2.24) is 10.3 Å². The van der Waals surface area contributed by atoms with Crippen LogP contribution in [0.4, 0.5) is 15.9 Å². The van der Waals surface area contributed by atoms with Gasteiger partial charge in [-0.1, -0.05) is 17.6 Å². The molecule has 0 bridgehead atoms. The largest absolute Gasteiger partial charge is 0.482 e. The number of hydrogen-bond donors (Lipinski definition) is 2. The molecule has 3 rings (SSSR count). The summed E-state index contributed by atoms with van der Waals surface area (Å²) in [5.41, 5.74) is 6.31. The van der Waals surface area contributed by atoms with E-state index in [0.29, 0.717) is 5.56 Å². The number of aliphatic imine (C=N–C) groups is 1. The Balaban J connectivity index is 1.69. The predicted molar refractivity (Wildman–Crippen MR) is 102 cm³/mol. The minimum atomic E-state index is -0.589. The van der Waals surface area contributed by atoms with Gasteiger partial charge in [-0.15, -0.1) is 0 Å². The van der Waals surface area contributed by atoms with Crippen LogP contribution in [0.1, 0.15) is 11.3 Å². The van der Waals surface area contributed by atoms with Gasteiger partial charge in [0.1, 0.15) is 25.5 Å². The molecule has 9 nitrogen and oxygen atoms in total. The molecule has 142 valence electrons. The average Bonchev–Trinajstić information content (AvgIpc) is 3.17. The van der Waals surface area contributed by atoms with E-state index in [1.165, 1.54) is 12.1 Å². The number of nitriles is 1. The average molecular weight is 390 g/mol. The number of ether oxygens (including phenoxy) is 1. The van der Waals surface area contributed by atoms with Crippen LogP contribution in [0.2, 0.25) is 0 Å². The number of carbonyl (C=O) groups excluding carboxylic acids is 1. The van der Waals surface area contributed by atoms with E-state index in [2.05, 4.69) is 25.3 Å². The summed E-state index contributed by atoms with van der Waals surface area (Å²) in [6.07, 6.45) is 0. The fourth-order valence-corrected chi connectivity index (χ4v) is 2.23. The number of rotatable bonds is 6. The number of hydrogen-bond acceptors (Lipinski definition) is 7. The topological polar surface area (TPSA) is 139 Å². The van der Waals surface area contributed by atoms with E-state index in [9.17, 15) is 9.18 Å². The Morgan fingerprint density at radius 2 is 2.14 bits per heavy atom. The molecule has 1 amide bonds. The van der Waals surface area contributed by atoms with Crippen molar-refractivity contribution in [3.63, 3.8) is 0 Å². The molecule has 1 aromatic heterocycles. The second kappa shape index (κ2) is 8.66. The Labute approximate surface area is 165 Å². The highest BCUT2D eigenvalue weighted by molar-refractivity contribution is 6.32. The maximum absolute atomic E-state index is 13.2. The first-order chi connectivity index (χ1) is 14.0. The van der Waals surface area contributed by atoms with Gasteiger partial charge in [0, 0.05) is 0 Å². The molecule has 3 N–H and O–H groups in total. The van der Waals surface area contributed by atoms with Crippen LogP contribution in [0.3, 0.4) is 0 Å². The zero-order valence-corrected chi connectivity index (χ0v) is 14.8. The number of aromatic nitrogens is 2. The van der Waals surface area contributed by atoms with E-state index in [4.69, 9.17) is 23.6 Å². The van der Waals surface area contributed by atoms with Crippen molar-refractivity contribution in [3.05, 3.63) is 59.5 Å². The minimum absolute atomic E-state index is 0.0290. The van der Waals surface area contributed by atoms with E-state index in [-0.39, 0.29) is 34.2 Å². The van der Waals surface area contributed by atoms with E-state index in [1.807, 2.05) is 6.07 Å². The Bertz CT molecular complexity index is 1120. The van der Waals surface area contributed by atoms with Gasteiger partial charge in [-0.3, -0.25) is 4.79 Å². The van der Waals surface area contributed by atoms with Gasteiger partial charge in [0.05, 0.1) is 11.3 Å². The van der Waals surface area contributed by atoms with Gasteiger partial charge in [0.25, 0.3) is 5.91 Å². The molecule has 0 aliphatic carbocycles. The first-order valence-corrected chi connectivity index (χ1v) is 8.12. The molecule has 11 heteroatoms. The quantitative estimate of drug-likeness (QED) is 0.363. The SMILES string of the molecule is [B]c1cc(N=C(N)c2nonc2NC(=O)COc2ccccc2C#N)ccc1F. The number of nitrogens with one attached hydrogen (secondary N) is 1. The van der Waals surface area contributed by atoms with E-state index in [1.54, 1.807) is 24.3 Å². The predicted octanol–water partition coefficient (Wildman–Crippen LogP) is 0.929. The molecule has 29 heavy (non-hydrogen) atoms. The van der Waals surface area contributed by atoms with Gasteiger partial charge >= 0.3 is 0 Å². The normalized spacial score (nSPS) is 11.0. The van der Waals surface area contributed by atoms with Gasteiger partial charge in [0.15, 0.2) is 18.1 Å². The van der Waals surface area contributed by atoms with Crippen molar-refractivity contribution >= 4 is 36.6 Å². The summed E-state index contributed by atoms with van der Waals surface area (Å²) >= 11 is 0. The molecule has 0 spiro atoms. The van der Waals surface area contributed by atoms with Gasteiger partial charge in [-0.25, -0.2) is 14.0 Å². The highest BCUT2D eigenvalue weighted by atomic mass is 19.1. The first-order valence-electron chi connectivity index (χ1n) is 8.12. The molecule has 0 saturated heterocycles. The zero-order chi connectivity index (χ0) is 20.8. The van der Waals surface area contributed by atoms with Crippen LogP contribution in [0.25, 0.3) is 0 Å². The Morgan fingerprint density at radius 1 is 1.34 bits per heavy atom. The number of amides is 1. The molecule has 0 aliphatic rings. The van der Waals surface area contributed by atoms with Crippen LogP contribution < -0.4 is 21.3 Å². The van der Waals surface area contributed by atoms with Crippen LogP contribution in [-0.2, 0) is 4.79 Å². The number of halogens is 1. The lowest BCUT2D eigenvalue weighted by Gasteiger charge is -2.07. The summed E-state index contributed by atoms with van der Waals surface area (Å²) in [4.78, 5) is 16.2. The molecule has 0 unspecified atom stereocenters. The maximum atomic E-state index is 13.2. The highest BCUT2D eigenvalue weighted by Crippen LogP contribution is 2.17. The number of nitrogens with zero attached hydrogens (tertiary/aromatic N) is 4. The van der Waals surface area contributed by atoms with Gasteiger partial charge in [-0.05, 0) is 40.6 Å². The van der Waals surface area contributed by atoms with Crippen LogP contribution in [0.15, 0.2) is 52.1 Å². The molecule has 1 heterocycles. The number of carbonyl (C=O) groups is 1. The molecule has 3 aromatic rings. The number of para-hydroxylation sites is 1. The Kier molecular flexibility index (Phi) is 5.84. The molecule has 0 aliphatic heterocycles. The maximum Gasteiger partial charge on any atom is 0.263 e. The molecule has 2 radical (unpaired) electrons. The Morgan fingerprint density at radius 3 is 2.90 bits per heavy atom. The standard InChI is InChI=1S/C18H12BFN6O3/c19-12-7-11(5-6-13(12)20)23-17(22)16-18(26-29-25-16)24-15(27)9-28-14-4-2-1-3-10(14)8-21/h1-7H,9H2,(H2,22,23)(H,24,26,27). The third-order valence-corrected chi connectivity index (χ3v) is 3.58. The first kappa shape index (κ1) is 19.6. The smallest absolute Gasteiger partial charge is 0.263 e. The zero-order valence-electron chi connectivity index (χ0n) is 14.8. The summed E-state index contributed by atoms with van der Waals surface area (Å²) in [5.74, 6) is -1.13. The summed E-state index contributed by atoms with van der Waals surface area (Å²) in [5, 5.41) is 18.6. The second-order valence-corrected chi connectivity index (χ2v) is 5.61. The van der Waals surface area contributed by atoms with Crippen molar-refractivity contribution in [2.45, 2.75) is 0 Å². The van der Waals surface area contributed by atoms with E-state index >= 15 is 0 Å². The molecular formula is C18H12BFN6O3. The van der Waals surface area contributed by atoms with E-state index in [0.717, 1.165) is 6.07 Å². The lowest BCUT2D eigenvalue weighted by atomic mass is 9.95. The molecule has 0 saturated carbocycles. The molecule has 0 fully saturated rings.